The zero-order valence-electron chi connectivity index (χ0n) is 10.3. The minimum Gasteiger partial charge on any atom is -0.325 e. The molecule has 1 heterocycles. The van der Waals surface area contributed by atoms with Crippen LogP contribution in [0.1, 0.15) is 12.5 Å². The molecule has 1 aromatic heterocycles. The summed E-state index contributed by atoms with van der Waals surface area (Å²) in [6.45, 7) is 1.87. The highest BCUT2D eigenvalue weighted by atomic mass is 32.2. The highest BCUT2D eigenvalue weighted by molar-refractivity contribution is 8.02. The fraction of sp³-hybridized carbons (Fsp3) is 0.143. The molecule has 0 aliphatic carbocycles. The minimum absolute atomic E-state index is 0.0616. The largest absolute Gasteiger partial charge is 0.325 e. The first-order chi connectivity index (χ1) is 9.19. The Morgan fingerprint density at radius 1 is 1.42 bits per heavy atom. The van der Waals surface area contributed by atoms with E-state index in [0.717, 1.165) is 4.21 Å². The molecule has 0 saturated carbocycles. The van der Waals surface area contributed by atoms with Crippen molar-refractivity contribution in [2.24, 2.45) is 0 Å². The van der Waals surface area contributed by atoms with Gasteiger partial charge in [-0.25, -0.2) is 0 Å². The second kappa shape index (κ2) is 6.41. The van der Waals surface area contributed by atoms with E-state index in [1.807, 2.05) is 24.4 Å². The van der Waals surface area contributed by atoms with Crippen LogP contribution in [-0.2, 0) is 4.79 Å². The molecule has 2 aromatic rings. The zero-order chi connectivity index (χ0) is 13.7. The third-order valence-electron chi connectivity index (χ3n) is 2.42. The third kappa shape index (κ3) is 3.85. The van der Waals surface area contributed by atoms with E-state index in [1.165, 1.54) is 11.8 Å². The number of rotatable bonds is 4. The van der Waals surface area contributed by atoms with Crippen molar-refractivity contribution in [3.8, 4) is 6.07 Å². The summed E-state index contributed by atoms with van der Waals surface area (Å²) in [7, 11) is 0. The first-order valence-corrected chi connectivity index (χ1v) is 7.46. The van der Waals surface area contributed by atoms with Crippen LogP contribution in [0.15, 0.2) is 46.0 Å². The van der Waals surface area contributed by atoms with Gasteiger partial charge in [0.25, 0.3) is 0 Å². The van der Waals surface area contributed by atoms with E-state index in [2.05, 4.69) is 11.4 Å². The summed E-state index contributed by atoms with van der Waals surface area (Å²) >= 11 is 3.15. The predicted octanol–water partition coefficient (Wildman–Crippen LogP) is 3.74. The van der Waals surface area contributed by atoms with Crippen LogP contribution in [0.25, 0.3) is 0 Å². The standard InChI is InChI=1S/C14H12N2OS2/c1-10(19-13-6-3-7-18-13)14(17)16-12-5-2-4-11(8-12)9-15/h2-8,10H,1H3,(H,16,17). The Morgan fingerprint density at radius 2 is 2.26 bits per heavy atom. The van der Waals surface area contributed by atoms with Crippen LogP contribution in [0.2, 0.25) is 0 Å². The van der Waals surface area contributed by atoms with Crippen molar-refractivity contribution in [2.75, 3.05) is 5.32 Å². The van der Waals surface area contributed by atoms with Gasteiger partial charge in [-0.3, -0.25) is 4.79 Å². The number of carbonyl (C=O) groups excluding carboxylic acids is 1. The lowest BCUT2D eigenvalue weighted by molar-refractivity contribution is -0.115. The molecular weight excluding hydrogens is 276 g/mol. The van der Waals surface area contributed by atoms with Crippen molar-refractivity contribution in [1.82, 2.24) is 0 Å². The van der Waals surface area contributed by atoms with E-state index in [0.29, 0.717) is 11.3 Å². The molecule has 1 unspecified atom stereocenters. The SMILES string of the molecule is CC(Sc1cccs1)C(=O)Nc1cccc(C#N)c1. The number of nitrogens with zero attached hydrogens (tertiary/aromatic N) is 1. The highest BCUT2D eigenvalue weighted by Crippen LogP contribution is 2.28. The molecule has 1 amide bonds. The van der Waals surface area contributed by atoms with Crippen LogP contribution in [0.5, 0.6) is 0 Å². The van der Waals surface area contributed by atoms with E-state index in [-0.39, 0.29) is 11.2 Å². The maximum Gasteiger partial charge on any atom is 0.237 e. The molecule has 0 fully saturated rings. The maximum atomic E-state index is 12.0. The Morgan fingerprint density at radius 3 is 2.95 bits per heavy atom. The summed E-state index contributed by atoms with van der Waals surface area (Å²) in [6, 6.07) is 12.9. The van der Waals surface area contributed by atoms with Crippen molar-refractivity contribution in [3.63, 3.8) is 0 Å². The summed E-state index contributed by atoms with van der Waals surface area (Å²) < 4.78 is 1.12. The topological polar surface area (TPSA) is 52.9 Å². The van der Waals surface area contributed by atoms with Gasteiger partial charge in [0.15, 0.2) is 0 Å². The Balaban J connectivity index is 1.98. The maximum absolute atomic E-state index is 12.0. The molecule has 1 N–H and O–H groups in total. The second-order valence-electron chi connectivity index (χ2n) is 3.87. The monoisotopic (exact) mass is 288 g/mol. The number of anilines is 1. The summed E-state index contributed by atoms with van der Waals surface area (Å²) in [5, 5.41) is 13.4. The molecule has 19 heavy (non-hydrogen) atoms. The first kappa shape index (κ1) is 13.7. The van der Waals surface area contributed by atoms with Crippen LogP contribution < -0.4 is 5.32 Å². The van der Waals surface area contributed by atoms with E-state index in [9.17, 15) is 4.79 Å². The van der Waals surface area contributed by atoms with Crippen molar-refractivity contribution in [1.29, 1.82) is 5.26 Å². The van der Waals surface area contributed by atoms with Gasteiger partial charge in [-0.05, 0) is 36.6 Å². The van der Waals surface area contributed by atoms with Gasteiger partial charge in [0.1, 0.15) is 0 Å². The number of nitriles is 1. The Labute approximate surface area is 120 Å². The molecule has 96 valence electrons. The van der Waals surface area contributed by atoms with Gasteiger partial charge >= 0.3 is 0 Å². The Kier molecular flexibility index (Phi) is 4.61. The molecule has 0 saturated heterocycles. The van der Waals surface area contributed by atoms with Crippen LogP contribution >= 0.6 is 23.1 Å². The van der Waals surface area contributed by atoms with Crippen LogP contribution in [0, 0.1) is 11.3 Å². The molecule has 0 aliphatic heterocycles. The number of thiophene rings is 1. The van der Waals surface area contributed by atoms with Crippen LogP contribution in [-0.4, -0.2) is 11.2 Å². The molecule has 5 heteroatoms. The van der Waals surface area contributed by atoms with Gasteiger partial charge in [-0.2, -0.15) is 5.26 Å². The van der Waals surface area contributed by atoms with Crippen molar-refractivity contribution in [2.45, 2.75) is 16.4 Å². The smallest absolute Gasteiger partial charge is 0.237 e. The normalized spacial score (nSPS) is 11.6. The van der Waals surface area contributed by atoms with Crippen molar-refractivity contribution in [3.05, 3.63) is 47.3 Å². The van der Waals surface area contributed by atoms with Gasteiger partial charge in [0, 0.05) is 5.69 Å². The molecule has 1 aromatic carbocycles. The average Bonchev–Trinajstić information content (AvgIpc) is 2.91. The van der Waals surface area contributed by atoms with E-state index < -0.39 is 0 Å². The lowest BCUT2D eigenvalue weighted by Gasteiger charge is -2.11. The van der Waals surface area contributed by atoms with Gasteiger partial charge in [-0.1, -0.05) is 12.1 Å². The van der Waals surface area contributed by atoms with Crippen LogP contribution in [0.3, 0.4) is 0 Å². The Hall–Kier alpha value is -1.77. The van der Waals surface area contributed by atoms with E-state index in [1.54, 1.807) is 35.6 Å². The minimum atomic E-state index is -0.176. The number of thioether (sulfide) groups is 1. The molecule has 0 spiro atoms. The summed E-state index contributed by atoms with van der Waals surface area (Å²) in [4.78, 5) is 12.0. The number of amides is 1. The van der Waals surface area contributed by atoms with Gasteiger partial charge < -0.3 is 5.32 Å². The molecule has 3 nitrogen and oxygen atoms in total. The number of nitrogens with one attached hydrogen (secondary N) is 1. The number of hydrogen-bond donors (Lipinski definition) is 1. The van der Waals surface area contributed by atoms with E-state index in [4.69, 9.17) is 5.26 Å². The molecule has 2 rings (SSSR count). The third-order valence-corrected chi connectivity index (χ3v) is 4.59. The number of carbonyl (C=O) groups is 1. The number of benzene rings is 1. The summed E-state index contributed by atoms with van der Waals surface area (Å²) in [5.74, 6) is -0.0616. The number of hydrogen-bond acceptors (Lipinski definition) is 4. The fourth-order valence-electron chi connectivity index (χ4n) is 1.47. The van der Waals surface area contributed by atoms with Gasteiger partial charge in [-0.15, -0.1) is 23.1 Å². The van der Waals surface area contributed by atoms with Crippen molar-refractivity contribution >= 4 is 34.7 Å². The predicted molar refractivity (Wildman–Crippen MR) is 79.4 cm³/mol. The molecule has 0 aliphatic rings. The molecular formula is C14H12N2OS2. The van der Waals surface area contributed by atoms with Crippen molar-refractivity contribution < 1.29 is 4.79 Å². The van der Waals surface area contributed by atoms with Crippen LogP contribution in [0.4, 0.5) is 5.69 Å². The first-order valence-electron chi connectivity index (χ1n) is 5.70. The quantitative estimate of drug-likeness (QED) is 0.872. The lowest BCUT2D eigenvalue weighted by Crippen LogP contribution is -2.22. The second-order valence-corrected chi connectivity index (χ2v) is 6.46. The zero-order valence-corrected chi connectivity index (χ0v) is 11.9. The molecule has 0 radical (unpaired) electrons. The van der Waals surface area contributed by atoms with Gasteiger partial charge in [0.05, 0.1) is 21.1 Å². The van der Waals surface area contributed by atoms with E-state index >= 15 is 0 Å². The lowest BCUT2D eigenvalue weighted by atomic mass is 10.2. The average molecular weight is 288 g/mol. The molecule has 0 bridgehead atoms. The summed E-state index contributed by atoms with van der Waals surface area (Å²) in [6.07, 6.45) is 0. The van der Waals surface area contributed by atoms with Gasteiger partial charge in [0.2, 0.25) is 5.91 Å². The summed E-state index contributed by atoms with van der Waals surface area (Å²) in [5.41, 5.74) is 1.19. The molecule has 1 atom stereocenters. The highest BCUT2D eigenvalue weighted by Gasteiger charge is 2.15. The fourth-order valence-corrected chi connectivity index (χ4v) is 3.41. The Bertz CT molecular complexity index is 602.